The van der Waals surface area contributed by atoms with Gasteiger partial charge in [-0.2, -0.15) is 5.10 Å². The number of aromatic nitrogens is 2. The molecule has 0 radical (unpaired) electrons. The molecule has 0 saturated heterocycles. The van der Waals surface area contributed by atoms with Crippen molar-refractivity contribution in [1.82, 2.24) is 9.78 Å². The van der Waals surface area contributed by atoms with Gasteiger partial charge in [0.25, 0.3) is 0 Å². The van der Waals surface area contributed by atoms with Crippen LogP contribution in [0.15, 0.2) is 54.7 Å². The summed E-state index contributed by atoms with van der Waals surface area (Å²) in [5.74, 6) is 0.169. The molecule has 2 amide bonds. The maximum Gasteiger partial charge on any atom is 0.242 e. The zero-order chi connectivity index (χ0) is 18.8. The minimum Gasteiger partial charge on any atom is -0.314 e. The van der Waals surface area contributed by atoms with Gasteiger partial charge in [0, 0.05) is 29.7 Å². The van der Waals surface area contributed by atoms with Crippen LogP contribution < -0.4 is 10.2 Å². The second-order valence-corrected chi connectivity index (χ2v) is 7.25. The average molecular weight is 379 g/mol. The Morgan fingerprint density at radius 3 is 2.74 bits per heavy atom. The van der Waals surface area contributed by atoms with E-state index >= 15 is 0 Å². The first kappa shape index (κ1) is 16.1. The van der Waals surface area contributed by atoms with E-state index in [0.717, 1.165) is 11.3 Å². The molecule has 1 spiro atoms. The quantitative estimate of drug-likeness (QED) is 0.707. The molecule has 27 heavy (non-hydrogen) atoms. The normalized spacial score (nSPS) is 20.6. The summed E-state index contributed by atoms with van der Waals surface area (Å²) >= 11 is 6.11. The molecule has 0 fully saturated rings. The third-order valence-corrected chi connectivity index (χ3v) is 5.60. The summed E-state index contributed by atoms with van der Waals surface area (Å²) in [5, 5.41) is 7.92. The second-order valence-electron chi connectivity index (χ2n) is 6.81. The highest BCUT2D eigenvalue weighted by Gasteiger charge is 2.56. The maximum absolute atomic E-state index is 13.3. The van der Waals surface area contributed by atoms with E-state index in [1.165, 1.54) is 0 Å². The Morgan fingerprint density at radius 1 is 1.11 bits per heavy atom. The molecule has 2 aromatic carbocycles. The Hall–Kier alpha value is -3.12. The van der Waals surface area contributed by atoms with Crippen LogP contribution in [0.5, 0.6) is 0 Å². The molecule has 0 bridgehead atoms. The number of nitrogens with one attached hydrogen (secondary N) is 1. The summed E-state index contributed by atoms with van der Waals surface area (Å²) in [6, 6.07) is 14.8. The van der Waals surface area contributed by atoms with Crippen molar-refractivity contribution in [1.29, 1.82) is 0 Å². The Balaban J connectivity index is 1.78. The number of rotatable bonds is 1. The van der Waals surface area contributed by atoms with Gasteiger partial charge >= 0.3 is 0 Å². The number of benzene rings is 2. The molecule has 134 valence electrons. The van der Waals surface area contributed by atoms with E-state index in [9.17, 15) is 9.59 Å². The standard InChI is InChI=1S/C20H15ClN4O2/c1-24-16-8-3-2-7-14(16)20(19(24)27)10-17(26)23-18-15(20)11-22-25(18)13-6-4-5-12(21)9-13/h2-9,11H,10H2,1H3,(H,23,26)/t20-/m0/s1. The summed E-state index contributed by atoms with van der Waals surface area (Å²) < 4.78 is 1.62. The summed E-state index contributed by atoms with van der Waals surface area (Å²) in [4.78, 5) is 27.6. The summed E-state index contributed by atoms with van der Waals surface area (Å²) in [7, 11) is 1.74. The van der Waals surface area contributed by atoms with Crippen molar-refractivity contribution < 1.29 is 9.59 Å². The van der Waals surface area contributed by atoms with Gasteiger partial charge in [-0.05, 0) is 29.8 Å². The number of anilines is 2. The first-order valence-corrected chi connectivity index (χ1v) is 8.92. The number of carbonyl (C=O) groups excluding carboxylic acids is 2. The summed E-state index contributed by atoms with van der Waals surface area (Å²) in [6.07, 6.45) is 1.73. The van der Waals surface area contributed by atoms with E-state index in [-0.39, 0.29) is 18.2 Å². The van der Waals surface area contributed by atoms with Crippen LogP contribution in [-0.2, 0) is 15.0 Å². The molecule has 7 heteroatoms. The number of amides is 2. The van der Waals surface area contributed by atoms with Gasteiger partial charge < -0.3 is 10.2 Å². The molecular weight excluding hydrogens is 364 g/mol. The lowest BCUT2D eigenvalue weighted by atomic mass is 9.72. The zero-order valence-electron chi connectivity index (χ0n) is 14.4. The fourth-order valence-corrected chi connectivity index (χ4v) is 4.35. The molecule has 2 aliphatic rings. The molecule has 1 aromatic heterocycles. The van der Waals surface area contributed by atoms with Crippen molar-refractivity contribution in [2.75, 3.05) is 17.3 Å². The van der Waals surface area contributed by atoms with Gasteiger partial charge in [-0.3, -0.25) is 9.59 Å². The smallest absolute Gasteiger partial charge is 0.242 e. The maximum atomic E-state index is 13.3. The van der Waals surface area contributed by atoms with Crippen LogP contribution in [0.2, 0.25) is 5.02 Å². The van der Waals surface area contributed by atoms with E-state index < -0.39 is 5.41 Å². The lowest BCUT2D eigenvalue weighted by molar-refractivity contribution is -0.126. The number of fused-ring (bicyclic) bond motifs is 4. The Bertz CT molecular complexity index is 1120. The molecule has 6 nitrogen and oxygen atoms in total. The van der Waals surface area contributed by atoms with Crippen molar-refractivity contribution in [3.63, 3.8) is 0 Å². The van der Waals surface area contributed by atoms with Gasteiger partial charge in [0.05, 0.1) is 11.9 Å². The highest BCUT2D eigenvalue weighted by molar-refractivity contribution is 6.30. The Morgan fingerprint density at radius 2 is 1.93 bits per heavy atom. The number of hydrogen-bond acceptors (Lipinski definition) is 3. The first-order valence-electron chi connectivity index (χ1n) is 8.54. The van der Waals surface area contributed by atoms with Crippen molar-refractivity contribution in [3.05, 3.63) is 70.9 Å². The number of carbonyl (C=O) groups is 2. The molecule has 0 aliphatic carbocycles. The van der Waals surface area contributed by atoms with Crippen LogP contribution >= 0.6 is 11.6 Å². The van der Waals surface area contributed by atoms with Crippen molar-refractivity contribution in [2.45, 2.75) is 11.8 Å². The molecular formula is C20H15ClN4O2. The van der Waals surface area contributed by atoms with E-state index in [1.54, 1.807) is 35.0 Å². The number of hydrogen-bond donors (Lipinski definition) is 1. The van der Waals surface area contributed by atoms with Crippen LogP contribution in [0.4, 0.5) is 11.5 Å². The van der Waals surface area contributed by atoms with Gasteiger partial charge in [-0.1, -0.05) is 35.9 Å². The lowest BCUT2D eigenvalue weighted by Crippen LogP contribution is -2.45. The number of nitrogens with zero attached hydrogens (tertiary/aromatic N) is 3. The lowest BCUT2D eigenvalue weighted by Gasteiger charge is -2.32. The van der Waals surface area contributed by atoms with Crippen molar-refractivity contribution in [2.24, 2.45) is 0 Å². The van der Waals surface area contributed by atoms with Gasteiger partial charge in [0.15, 0.2) is 0 Å². The zero-order valence-corrected chi connectivity index (χ0v) is 15.2. The summed E-state index contributed by atoms with van der Waals surface area (Å²) in [6.45, 7) is 0. The molecule has 1 atom stereocenters. The summed E-state index contributed by atoms with van der Waals surface area (Å²) in [5.41, 5.74) is 2.01. The highest BCUT2D eigenvalue weighted by Crippen LogP contribution is 2.51. The number of likely N-dealkylation sites (N-methyl/N-ethyl adjacent to an activating group) is 1. The minimum atomic E-state index is -1.06. The molecule has 3 heterocycles. The van der Waals surface area contributed by atoms with Gasteiger partial charge in [0.1, 0.15) is 11.2 Å². The van der Waals surface area contributed by atoms with Crippen LogP contribution in [0.1, 0.15) is 17.5 Å². The first-order chi connectivity index (χ1) is 13.0. The molecule has 0 saturated carbocycles. The number of para-hydroxylation sites is 1. The second kappa shape index (κ2) is 5.44. The van der Waals surface area contributed by atoms with Gasteiger partial charge in [0.2, 0.25) is 11.8 Å². The number of halogens is 1. The van der Waals surface area contributed by atoms with Crippen LogP contribution in [-0.4, -0.2) is 28.6 Å². The van der Waals surface area contributed by atoms with Crippen LogP contribution in [0.25, 0.3) is 5.69 Å². The van der Waals surface area contributed by atoms with E-state index in [4.69, 9.17) is 11.6 Å². The highest BCUT2D eigenvalue weighted by atomic mass is 35.5. The molecule has 5 rings (SSSR count). The van der Waals surface area contributed by atoms with Gasteiger partial charge in [-0.25, -0.2) is 4.68 Å². The molecule has 0 unspecified atom stereocenters. The van der Waals surface area contributed by atoms with Gasteiger partial charge in [-0.15, -0.1) is 0 Å². The predicted octanol–water partition coefficient (Wildman–Crippen LogP) is 3.13. The van der Waals surface area contributed by atoms with Crippen LogP contribution in [0, 0.1) is 0 Å². The topological polar surface area (TPSA) is 67.2 Å². The van der Waals surface area contributed by atoms with Crippen molar-refractivity contribution >= 4 is 34.9 Å². The van der Waals surface area contributed by atoms with E-state index in [0.29, 0.717) is 22.1 Å². The monoisotopic (exact) mass is 378 g/mol. The third kappa shape index (κ3) is 2.04. The van der Waals surface area contributed by atoms with E-state index in [2.05, 4.69) is 10.4 Å². The molecule has 1 N–H and O–H groups in total. The fraction of sp³-hybridized carbons (Fsp3) is 0.150. The van der Waals surface area contributed by atoms with Crippen molar-refractivity contribution in [3.8, 4) is 5.69 Å². The SMILES string of the molecule is CN1C(=O)[C@@]2(CC(=O)Nc3c2cnn3-c2cccc(Cl)c2)c2ccccc21. The minimum absolute atomic E-state index is 0.0570. The third-order valence-electron chi connectivity index (χ3n) is 5.36. The fourth-order valence-electron chi connectivity index (χ4n) is 4.17. The predicted molar refractivity (Wildman–Crippen MR) is 102 cm³/mol. The molecule has 3 aromatic rings. The average Bonchev–Trinajstić information content (AvgIpc) is 3.17. The molecule has 2 aliphatic heterocycles. The Kier molecular flexibility index (Phi) is 3.24. The Labute approximate surface area is 160 Å². The van der Waals surface area contributed by atoms with Crippen LogP contribution in [0.3, 0.4) is 0 Å². The van der Waals surface area contributed by atoms with E-state index in [1.807, 2.05) is 36.4 Å². The largest absolute Gasteiger partial charge is 0.314 e.